The maximum Gasteiger partial charge on any atom is 0.276 e. The Balaban J connectivity index is 2.07. The quantitative estimate of drug-likeness (QED) is 0.724. The minimum atomic E-state index is -0.195. The summed E-state index contributed by atoms with van der Waals surface area (Å²) in [5, 5.41) is 7.52. The number of nitrogens with zero attached hydrogens (tertiary/aromatic N) is 1. The molecule has 0 saturated heterocycles. The van der Waals surface area contributed by atoms with Crippen molar-refractivity contribution in [3.8, 4) is 5.75 Å². The van der Waals surface area contributed by atoms with E-state index in [2.05, 4.69) is 31.1 Å². The molecule has 0 spiro atoms. The number of hydrogen-bond donors (Lipinski definition) is 2. The van der Waals surface area contributed by atoms with E-state index >= 15 is 0 Å². The van der Waals surface area contributed by atoms with Gasteiger partial charge in [0.15, 0.2) is 5.52 Å². The summed E-state index contributed by atoms with van der Waals surface area (Å²) < 4.78 is 5.15. The summed E-state index contributed by atoms with van der Waals surface area (Å²) in [5.74, 6) is 0.809. The molecule has 1 atom stereocenters. The predicted octanol–water partition coefficient (Wildman–Crippen LogP) is 2.74. The number of alkyl halides is 1. The van der Waals surface area contributed by atoms with Crippen LogP contribution in [0.1, 0.15) is 16.0 Å². The van der Waals surface area contributed by atoms with Crippen molar-refractivity contribution in [3.05, 3.63) is 58.1 Å². The van der Waals surface area contributed by atoms with Crippen molar-refractivity contribution in [2.75, 3.05) is 7.11 Å². The molecule has 0 radical (unpaired) electrons. The van der Waals surface area contributed by atoms with E-state index in [1.807, 2.05) is 24.3 Å². The average Bonchev–Trinajstić information content (AvgIpc) is 2.97. The first-order valence-corrected chi connectivity index (χ1v) is 6.95. The van der Waals surface area contributed by atoms with E-state index in [-0.39, 0.29) is 10.4 Å². The Hall–Kier alpha value is -2.08. The number of H-pyrrole nitrogens is 2. The van der Waals surface area contributed by atoms with Gasteiger partial charge in [0.05, 0.1) is 11.9 Å². The predicted molar refractivity (Wildman–Crippen MR) is 80.5 cm³/mol. The van der Waals surface area contributed by atoms with Gasteiger partial charge < -0.3 is 9.72 Å². The second-order valence-electron chi connectivity index (χ2n) is 4.36. The van der Waals surface area contributed by atoms with E-state index in [4.69, 9.17) is 4.74 Å². The highest BCUT2D eigenvalue weighted by Crippen LogP contribution is 2.34. The van der Waals surface area contributed by atoms with Gasteiger partial charge in [-0.1, -0.05) is 28.1 Å². The number of benzene rings is 1. The van der Waals surface area contributed by atoms with Gasteiger partial charge in [0.25, 0.3) is 5.56 Å². The van der Waals surface area contributed by atoms with Gasteiger partial charge in [-0.25, -0.2) is 0 Å². The summed E-state index contributed by atoms with van der Waals surface area (Å²) in [6.45, 7) is 0. The van der Waals surface area contributed by atoms with Gasteiger partial charge in [-0.2, -0.15) is 5.10 Å². The molecule has 3 rings (SSSR count). The fourth-order valence-electron chi connectivity index (χ4n) is 2.13. The normalized spacial score (nSPS) is 12.5. The number of ether oxygens (including phenoxy) is 1. The van der Waals surface area contributed by atoms with Crippen LogP contribution in [0.4, 0.5) is 0 Å². The lowest BCUT2D eigenvalue weighted by Crippen LogP contribution is -2.08. The molecule has 0 fully saturated rings. The third-order valence-electron chi connectivity index (χ3n) is 3.21. The summed E-state index contributed by atoms with van der Waals surface area (Å²) in [7, 11) is 1.64. The molecule has 2 N–H and O–H groups in total. The zero-order valence-corrected chi connectivity index (χ0v) is 12.3. The lowest BCUT2D eigenvalue weighted by molar-refractivity contribution is 0.414. The fourth-order valence-corrected chi connectivity index (χ4v) is 2.82. The molecule has 3 aromatic rings. The molecule has 0 aliphatic heterocycles. The largest absolute Gasteiger partial charge is 0.497 e. The average molecular weight is 334 g/mol. The van der Waals surface area contributed by atoms with E-state index in [1.54, 1.807) is 19.5 Å². The molecule has 0 saturated carbocycles. The van der Waals surface area contributed by atoms with Gasteiger partial charge in [0, 0.05) is 17.8 Å². The molecule has 102 valence electrons. The SMILES string of the molecule is COc1ccc(C(Br)c2c[nH]c(=O)c3n[nH]cc23)cc1. The van der Waals surface area contributed by atoms with E-state index in [0.29, 0.717) is 5.52 Å². The number of hydrogen-bond acceptors (Lipinski definition) is 3. The standard InChI is InChI=1S/C14H12BrN3O2/c1-20-9-4-2-8(3-5-9)12(15)10-6-16-14(19)13-11(10)7-17-18-13/h2-7,12H,1H3,(H,16,19)(H,17,18). The van der Waals surface area contributed by atoms with Crippen molar-refractivity contribution in [1.29, 1.82) is 0 Å². The van der Waals surface area contributed by atoms with Crippen LogP contribution in [-0.2, 0) is 0 Å². The highest BCUT2D eigenvalue weighted by Gasteiger charge is 2.16. The summed E-state index contributed by atoms with van der Waals surface area (Å²) in [5.41, 5.74) is 2.25. The molecule has 2 aromatic heterocycles. The lowest BCUT2D eigenvalue weighted by atomic mass is 10.0. The highest BCUT2D eigenvalue weighted by molar-refractivity contribution is 9.09. The number of methoxy groups -OCH3 is 1. The third-order valence-corrected chi connectivity index (χ3v) is 4.23. The maximum absolute atomic E-state index is 11.7. The van der Waals surface area contributed by atoms with Gasteiger partial charge in [0.2, 0.25) is 0 Å². The molecule has 0 bridgehead atoms. The van der Waals surface area contributed by atoms with Crippen molar-refractivity contribution >= 4 is 26.8 Å². The molecule has 2 heterocycles. The van der Waals surface area contributed by atoms with Crippen molar-refractivity contribution in [2.24, 2.45) is 0 Å². The first kappa shape index (κ1) is 12.9. The molecule has 6 heteroatoms. The molecule has 0 amide bonds. The molecule has 20 heavy (non-hydrogen) atoms. The Morgan fingerprint density at radius 1 is 1.25 bits per heavy atom. The summed E-state index contributed by atoms with van der Waals surface area (Å²) in [4.78, 5) is 14.3. The Labute approximate surface area is 123 Å². The smallest absolute Gasteiger partial charge is 0.276 e. The highest BCUT2D eigenvalue weighted by atomic mass is 79.9. The van der Waals surface area contributed by atoms with Crippen molar-refractivity contribution in [1.82, 2.24) is 15.2 Å². The molecule has 1 aromatic carbocycles. The molecule has 0 aliphatic carbocycles. The number of aromatic amines is 2. The zero-order chi connectivity index (χ0) is 14.1. The van der Waals surface area contributed by atoms with Gasteiger partial charge in [0.1, 0.15) is 5.75 Å². The van der Waals surface area contributed by atoms with Crippen molar-refractivity contribution < 1.29 is 4.74 Å². The van der Waals surface area contributed by atoms with Crippen LogP contribution in [-0.4, -0.2) is 22.3 Å². The minimum Gasteiger partial charge on any atom is -0.497 e. The Kier molecular flexibility index (Phi) is 3.31. The maximum atomic E-state index is 11.7. The molecular weight excluding hydrogens is 322 g/mol. The second-order valence-corrected chi connectivity index (χ2v) is 5.27. The van der Waals surface area contributed by atoms with Crippen LogP contribution in [0.25, 0.3) is 10.9 Å². The van der Waals surface area contributed by atoms with Crippen LogP contribution in [0.2, 0.25) is 0 Å². The van der Waals surface area contributed by atoms with E-state index in [9.17, 15) is 4.79 Å². The monoisotopic (exact) mass is 333 g/mol. The van der Waals surface area contributed by atoms with Crippen LogP contribution in [0.3, 0.4) is 0 Å². The first-order valence-electron chi connectivity index (χ1n) is 6.04. The minimum absolute atomic E-state index is 0.0367. The molecule has 0 aliphatic rings. The number of rotatable bonds is 3. The van der Waals surface area contributed by atoms with Crippen molar-refractivity contribution in [3.63, 3.8) is 0 Å². The molecule has 5 nitrogen and oxygen atoms in total. The van der Waals surface area contributed by atoms with Crippen LogP contribution < -0.4 is 10.3 Å². The Morgan fingerprint density at radius 3 is 2.70 bits per heavy atom. The Bertz CT molecular complexity index is 792. The van der Waals surface area contributed by atoms with Crippen LogP contribution in [0.5, 0.6) is 5.75 Å². The number of pyridine rings is 1. The number of nitrogens with one attached hydrogen (secondary N) is 2. The number of halogens is 1. The summed E-state index contributed by atoms with van der Waals surface area (Å²) >= 11 is 3.67. The van der Waals surface area contributed by atoms with Crippen LogP contribution in [0.15, 0.2) is 41.5 Å². The van der Waals surface area contributed by atoms with Gasteiger partial charge in [-0.15, -0.1) is 0 Å². The molecule has 1 unspecified atom stereocenters. The second kappa shape index (κ2) is 5.13. The summed E-state index contributed by atoms with van der Waals surface area (Å²) in [6.07, 6.45) is 3.45. The van der Waals surface area contributed by atoms with Crippen LogP contribution in [0, 0.1) is 0 Å². The van der Waals surface area contributed by atoms with Gasteiger partial charge in [-0.05, 0) is 23.3 Å². The van der Waals surface area contributed by atoms with Crippen molar-refractivity contribution in [2.45, 2.75) is 4.83 Å². The first-order chi connectivity index (χ1) is 9.70. The topological polar surface area (TPSA) is 70.8 Å². The van der Waals surface area contributed by atoms with E-state index in [1.165, 1.54) is 0 Å². The third kappa shape index (κ3) is 2.12. The van der Waals surface area contributed by atoms with E-state index in [0.717, 1.165) is 22.3 Å². The molecular formula is C14H12BrN3O2. The van der Waals surface area contributed by atoms with E-state index < -0.39 is 0 Å². The van der Waals surface area contributed by atoms with Crippen LogP contribution >= 0.6 is 15.9 Å². The lowest BCUT2D eigenvalue weighted by Gasteiger charge is -2.12. The van der Waals surface area contributed by atoms with Gasteiger partial charge in [-0.3, -0.25) is 9.89 Å². The Morgan fingerprint density at radius 2 is 2.00 bits per heavy atom. The van der Waals surface area contributed by atoms with Gasteiger partial charge >= 0.3 is 0 Å². The summed E-state index contributed by atoms with van der Waals surface area (Å²) in [6, 6.07) is 7.77. The number of aromatic nitrogens is 3. The number of fused-ring (bicyclic) bond motifs is 1. The zero-order valence-electron chi connectivity index (χ0n) is 10.7. The fraction of sp³-hybridized carbons (Fsp3) is 0.143.